The molecule has 4 rings (SSSR count). The van der Waals surface area contributed by atoms with Gasteiger partial charge in [-0.1, -0.05) is 12.1 Å². The molecule has 0 aliphatic carbocycles. The van der Waals surface area contributed by atoms with E-state index in [2.05, 4.69) is 14.4 Å². The Hall–Kier alpha value is -4.31. The van der Waals surface area contributed by atoms with Crippen LogP contribution in [0, 0.1) is 0 Å². The number of benzene rings is 2. The number of sulfonamides is 2. The third-order valence-corrected chi connectivity index (χ3v) is 6.58. The Bertz CT molecular complexity index is 1900. The average molecular weight is 599 g/mol. The Morgan fingerprint density at radius 2 is 1.73 bits per heavy atom. The number of nitrogens with one attached hydrogen (secondary N) is 3. The molecule has 0 unspecified atom stereocenters. The number of nitrogens with zero attached hydrogens (tertiary/aromatic N) is 1. The number of alkyl halides is 3. The summed E-state index contributed by atoms with van der Waals surface area (Å²) in [6, 6.07) is 12.0. The number of rotatable bonds is 8. The molecule has 0 radical (unpaired) electrons. The first-order chi connectivity index (χ1) is 18.5. The molecule has 0 aliphatic heterocycles. The molecule has 0 saturated carbocycles. The second-order valence-electron chi connectivity index (χ2n) is 8.73. The van der Waals surface area contributed by atoms with Gasteiger partial charge in [-0.05, 0) is 48.0 Å². The van der Waals surface area contributed by atoms with E-state index in [-0.39, 0.29) is 40.0 Å². The van der Waals surface area contributed by atoms with Crippen molar-refractivity contribution in [2.45, 2.75) is 12.9 Å². The van der Waals surface area contributed by atoms with E-state index in [4.69, 9.17) is 0 Å². The standard InChI is InChI=1S/C24H21F3N4O7S2/c1-39(34,35)29-15-6-3-5-14(11-15)13-31-19-9-8-16(38-24(25,26)27)12-18(19)20(17-7-4-10-28-22(17)32)21(31)23(33)30-40(2,36)37/h3-12,29H,13H2,1-2H3,(H,28,32)(H,30,33). The molecular formula is C24H21F3N4O7S2. The van der Waals surface area contributed by atoms with Crippen LogP contribution < -0.4 is 19.7 Å². The number of carbonyl (C=O) groups excluding carboxylic acids is 1. The zero-order chi connectivity index (χ0) is 29.5. The summed E-state index contributed by atoms with van der Waals surface area (Å²) in [4.78, 5) is 28.6. The molecule has 0 spiro atoms. The molecule has 2 aromatic heterocycles. The van der Waals surface area contributed by atoms with Crippen LogP contribution in [0.4, 0.5) is 18.9 Å². The van der Waals surface area contributed by atoms with Gasteiger partial charge >= 0.3 is 6.36 Å². The minimum absolute atomic E-state index is 0.0116. The number of aromatic amines is 1. The van der Waals surface area contributed by atoms with E-state index in [1.807, 2.05) is 4.72 Å². The number of pyridine rings is 1. The number of aromatic nitrogens is 2. The van der Waals surface area contributed by atoms with Gasteiger partial charge in [-0.3, -0.25) is 14.3 Å². The lowest BCUT2D eigenvalue weighted by Crippen LogP contribution is -2.31. The van der Waals surface area contributed by atoms with Gasteiger partial charge in [0.05, 0.1) is 12.5 Å². The third-order valence-electron chi connectivity index (χ3n) is 5.42. The number of H-pyrrole nitrogens is 1. The second kappa shape index (κ2) is 10.3. The van der Waals surface area contributed by atoms with Crippen molar-refractivity contribution in [1.29, 1.82) is 0 Å². The van der Waals surface area contributed by atoms with Gasteiger partial charge in [0.15, 0.2) is 0 Å². The molecule has 11 nitrogen and oxygen atoms in total. The Morgan fingerprint density at radius 1 is 1.00 bits per heavy atom. The molecule has 4 aromatic rings. The van der Waals surface area contributed by atoms with Crippen LogP contribution in [0.25, 0.3) is 22.0 Å². The number of carbonyl (C=O) groups is 1. The lowest BCUT2D eigenvalue weighted by molar-refractivity contribution is -0.274. The lowest BCUT2D eigenvalue weighted by Gasteiger charge is -2.13. The number of halogens is 3. The van der Waals surface area contributed by atoms with Crippen molar-refractivity contribution >= 4 is 42.5 Å². The van der Waals surface area contributed by atoms with Gasteiger partial charge in [0.25, 0.3) is 11.5 Å². The van der Waals surface area contributed by atoms with Gasteiger partial charge in [0, 0.05) is 40.5 Å². The predicted molar refractivity (Wildman–Crippen MR) is 141 cm³/mol. The van der Waals surface area contributed by atoms with E-state index in [0.717, 1.165) is 24.6 Å². The van der Waals surface area contributed by atoms with Gasteiger partial charge in [-0.25, -0.2) is 21.6 Å². The van der Waals surface area contributed by atoms with E-state index in [1.165, 1.54) is 47.2 Å². The van der Waals surface area contributed by atoms with Crippen molar-refractivity contribution < 1.29 is 39.5 Å². The normalized spacial score (nSPS) is 12.3. The monoisotopic (exact) mass is 598 g/mol. The van der Waals surface area contributed by atoms with Crippen molar-refractivity contribution in [3.8, 4) is 16.9 Å². The predicted octanol–water partition coefficient (Wildman–Crippen LogP) is 3.00. The smallest absolute Gasteiger partial charge is 0.406 e. The molecule has 1 amide bonds. The number of hydrogen-bond acceptors (Lipinski definition) is 7. The van der Waals surface area contributed by atoms with E-state index >= 15 is 0 Å². The van der Waals surface area contributed by atoms with Crippen molar-refractivity contribution in [3.63, 3.8) is 0 Å². The summed E-state index contributed by atoms with van der Waals surface area (Å²) >= 11 is 0. The molecule has 3 N–H and O–H groups in total. The number of fused-ring (bicyclic) bond motifs is 1. The minimum atomic E-state index is -5.04. The minimum Gasteiger partial charge on any atom is -0.406 e. The summed E-state index contributed by atoms with van der Waals surface area (Å²) in [7, 11) is -7.75. The molecule has 0 aliphatic rings. The third kappa shape index (κ3) is 6.81. The molecular weight excluding hydrogens is 577 g/mol. The molecule has 212 valence electrons. The molecule has 2 aromatic carbocycles. The quantitative estimate of drug-likeness (QED) is 0.282. The Labute approximate surface area is 225 Å². The highest BCUT2D eigenvalue weighted by molar-refractivity contribution is 7.92. The largest absolute Gasteiger partial charge is 0.573 e. The first-order valence-corrected chi connectivity index (χ1v) is 15.0. The lowest BCUT2D eigenvalue weighted by atomic mass is 10.0. The van der Waals surface area contributed by atoms with Gasteiger partial charge in [0.2, 0.25) is 20.0 Å². The number of anilines is 1. The van der Waals surface area contributed by atoms with Crippen molar-refractivity contribution in [2.75, 3.05) is 17.2 Å². The highest BCUT2D eigenvalue weighted by atomic mass is 32.2. The summed E-state index contributed by atoms with van der Waals surface area (Å²) in [6.07, 6.45) is -2.04. The Morgan fingerprint density at radius 3 is 2.35 bits per heavy atom. The maximum absolute atomic E-state index is 13.4. The molecule has 0 saturated heterocycles. The van der Waals surface area contributed by atoms with E-state index < -0.39 is 43.6 Å². The maximum Gasteiger partial charge on any atom is 0.573 e. The van der Waals surface area contributed by atoms with Crippen molar-refractivity contribution in [1.82, 2.24) is 14.3 Å². The van der Waals surface area contributed by atoms with Gasteiger partial charge < -0.3 is 14.3 Å². The fraction of sp³-hybridized carbons (Fsp3) is 0.167. The highest BCUT2D eigenvalue weighted by Crippen LogP contribution is 2.37. The summed E-state index contributed by atoms with van der Waals surface area (Å²) in [5, 5.41) is -0.0116. The van der Waals surface area contributed by atoms with E-state index in [0.29, 0.717) is 5.56 Å². The van der Waals surface area contributed by atoms with Crippen LogP contribution in [-0.2, 0) is 26.6 Å². The first kappa shape index (κ1) is 28.7. The fourth-order valence-corrected chi connectivity index (χ4v) is 5.16. The van der Waals surface area contributed by atoms with E-state index in [9.17, 15) is 39.6 Å². The zero-order valence-electron chi connectivity index (χ0n) is 20.7. The maximum atomic E-state index is 13.4. The molecule has 0 atom stereocenters. The number of ether oxygens (including phenoxy) is 1. The molecule has 2 heterocycles. The van der Waals surface area contributed by atoms with Gasteiger partial charge in [-0.2, -0.15) is 0 Å². The van der Waals surface area contributed by atoms with Crippen LogP contribution in [0.1, 0.15) is 16.1 Å². The molecule has 0 bridgehead atoms. The van der Waals surface area contributed by atoms with Crippen LogP contribution in [-0.4, -0.2) is 51.2 Å². The molecule has 40 heavy (non-hydrogen) atoms. The van der Waals surface area contributed by atoms with Crippen LogP contribution in [0.15, 0.2) is 65.6 Å². The summed E-state index contributed by atoms with van der Waals surface area (Å²) < 4.78 is 95.9. The highest BCUT2D eigenvalue weighted by Gasteiger charge is 2.32. The van der Waals surface area contributed by atoms with Gasteiger partial charge in [0.1, 0.15) is 11.4 Å². The zero-order valence-corrected chi connectivity index (χ0v) is 22.4. The SMILES string of the molecule is CS(=O)(=O)NC(=O)c1c(-c2ccc[nH]c2=O)c2cc(OC(F)(F)F)ccc2n1Cc1cccc(NS(C)(=O)=O)c1. The average Bonchev–Trinajstić information content (AvgIpc) is 3.09. The molecule has 16 heteroatoms. The van der Waals surface area contributed by atoms with Gasteiger partial charge in [-0.15, -0.1) is 13.2 Å². The first-order valence-electron chi connectivity index (χ1n) is 11.2. The van der Waals surface area contributed by atoms with Crippen molar-refractivity contribution in [2.24, 2.45) is 0 Å². The summed E-state index contributed by atoms with van der Waals surface area (Å²) in [5.41, 5.74) is -0.521. The van der Waals surface area contributed by atoms with Crippen LogP contribution in [0.2, 0.25) is 0 Å². The number of amides is 1. The van der Waals surface area contributed by atoms with Crippen LogP contribution in [0.3, 0.4) is 0 Å². The van der Waals surface area contributed by atoms with Crippen LogP contribution in [0.5, 0.6) is 5.75 Å². The van der Waals surface area contributed by atoms with Crippen LogP contribution >= 0.6 is 0 Å². The molecule has 0 fully saturated rings. The topological polar surface area (TPSA) is 156 Å². The Kier molecular flexibility index (Phi) is 7.42. The fourth-order valence-electron chi connectivity index (χ4n) is 4.17. The summed E-state index contributed by atoms with van der Waals surface area (Å²) in [5.74, 6) is -1.79. The second-order valence-corrected chi connectivity index (χ2v) is 12.2. The summed E-state index contributed by atoms with van der Waals surface area (Å²) in [6.45, 7) is -0.174. The Balaban J connectivity index is 2.04. The van der Waals surface area contributed by atoms with Crippen molar-refractivity contribution in [3.05, 3.63) is 82.4 Å². The number of hydrogen-bond donors (Lipinski definition) is 3. The van der Waals surface area contributed by atoms with E-state index in [1.54, 1.807) is 6.07 Å².